The molecule has 2 aromatic carbocycles. The molecule has 0 bridgehead atoms. The summed E-state index contributed by atoms with van der Waals surface area (Å²) in [6.45, 7) is 0. The maximum absolute atomic E-state index is 11.0. The van der Waals surface area contributed by atoms with Crippen LogP contribution in [-0.2, 0) is 0 Å². The Hall–Kier alpha value is -3.48. The third-order valence-electron chi connectivity index (χ3n) is 3.32. The largest absolute Gasteiger partial charge is 0.761 e. The Morgan fingerprint density at radius 1 is 1.16 bits per heavy atom. The standard InChI is InChI=1S/C17H12N5O2S/c18-10-14(21-20-13-8-4-5-9-16(13)22(23)24)17-19-15(11-25-17)12-6-2-1-3-7-12/h1-9,11,20-21H/q-1. The van der Waals surface area contributed by atoms with Gasteiger partial charge in [0.15, 0.2) is 0 Å². The lowest BCUT2D eigenvalue weighted by atomic mass is 10.2. The van der Waals surface area contributed by atoms with Crippen molar-refractivity contribution in [2.75, 3.05) is 5.43 Å². The van der Waals surface area contributed by atoms with Gasteiger partial charge in [0, 0.05) is 17.0 Å². The number of nitrogens with one attached hydrogen (secondary N) is 2. The second kappa shape index (κ2) is 7.39. The summed E-state index contributed by atoms with van der Waals surface area (Å²) in [6.07, 6.45) is 0. The normalized spacial score (nSPS) is 9.92. The smallest absolute Gasteiger partial charge is 0.294 e. The van der Waals surface area contributed by atoms with Crippen LogP contribution in [0.4, 0.5) is 11.4 Å². The molecule has 3 aromatic rings. The van der Waals surface area contributed by atoms with Gasteiger partial charge in [-0.15, -0.1) is 11.3 Å². The predicted molar refractivity (Wildman–Crippen MR) is 99.2 cm³/mol. The van der Waals surface area contributed by atoms with E-state index in [9.17, 15) is 15.5 Å². The average molecular weight is 350 g/mol. The number of nitro groups is 1. The zero-order valence-electron chi connectivity index (χ0n) is 12.8. The number of para-hydroxylation sites is 2. The first-order chi connectivity index (χ1) is 12.2. The molecule has 124 valence electrons. The second-order valence-electron chi connectivity index (χ2n) is 4.91. The van der Waals surface area contributed by atoms with Crippen LogP contribution in [0.5, 0.6) is 0 Å². The van der Waals surface area contributed by atoms with Gasteiger partial charge < -0.3 is 5.41 Å². The minimum Gasteiger partial charge on any atom is -0.761 e. The van der Waals surface area contributed by atoms with Gasteiger partial charge in [0.2, 0.25) is 0 Å². The van der Waals surface area contributed by atoms with Crippen molar-refractivity contribution in [1.82, 2.24) is 10.4 Å². The summed E-state index contributed by atoms with van der Waals surface area (Å²) in [6, 6.07) is 15.8. The van der Waals surface area contributed by atoms with Crippen molar-refractivity contribution in [1.29, 1.82) is 0 Å². The minimum atomic E-state index is -0.493. The van der Waals surface area contributed by atoms with Gasteiger partial charge in [-0.05, 0) is 6.07 Å². The number of nitrogens with zero attached hydrogens (tertiary/aromatic N) is 3. The molecule has 8 heteroatoms. The van der Waals surface area contributed by atoms with Crippen LogP contribution in [0, 0.1) is 10.1 Å². The fourth-order valence-electron chi connectivity index (χ4n) is 2.13. The van der Waals surface area contributed by atoms with Gasteiger partial charge in [-0.3, -0.25) is 21.0 Å². The van der Waals surface area contributed by atoms with E-state index < -0.39 is 4.92 Å². The maximum Gasteiger partial charge on any atom is 0.294 e. The molecule has 1 heterocycles. The lowest BCUT2D eigenvalue weighted by Gasteiger charge is -2.11. The Morgan fingerprint density at radius 3 is 2.60 bits per heavy atom. The summed E-state index contributed by atoms with van der Waals surface area (Å²) in [5.41, 5.74) is 7.50. The number of hydrogen-bond acceptors (Lipinski definition) is 6. The van der Waals surface area contributed by atoms with Gasteiger partial charge in [-0.25, -0.2) is 10.9 Å². The zero-order chi connectivity index (χ0) is 17.6. The van der Waals surface area contributed by atoms with Crippen molar-refractivity contribution in [2.45, 2.75) is 0 Å². The Balaban J connectivity index is 1.78. The third kappa shape index (κ3) is 3.72. The number of aromatic nitrogens is 1. The fourth-order valence-corrected chi connectivity index (χ4v) is 2.91. The Morgan fingerprint density at radius 2 is 1.88 bits per heavy atom. The van der Waals surface area contributed by atoms with E-state index in [-0.39, 0.29) is 17.1 Å². The molecule has 25 heavy (non-hydrogen) atoms. The molecule has 0 atom stereocenters. The highest BCUT2D eigenvalue weighted by molar-refractivity contribution is 7.11. The predicted octanol–water partition coefficient (Wildman–Crippen LogP) is 3.92. The Labute approximate surface area is 147 Å². The van der Waals surface area contributed by atoms with E-state index in [1.165, 1.54) is 17.4 Å². The van der Waals surface area contributed by atoms with E-state index in [4.69, 9.17) is 0 Å². The summed E-state index contributed by atoms with van der Waals surface area (Å²) in [4.78, 5) is 15.0. The molecule has 0 amide bonds. The number of benzene rings is 2. The van der Waals surface area contributed by atoms with E-state index in [1.807, 2.05) is 41.6 Å². The van der Waals surface area contributed by atoms with E-state index in [2.05, 4.69) is 15.8 Å². The van der Waals surface area contributed by atoms with E-state index in [0.717, 1.165) is 11.3 Å². The van der Waals surface area contributed by atoms with Crippen molar-refractivity contribution in [3.05, 3.63) is 80.5 Å². The van der Waals surface area contributed by atoms with Crippen LogP contribution in [-0.4, -0.2) is 15.8 Å². The van der Waals surface area contributed by atoms with Crippen molar-refractivity contribution < 1.29 is 4.92 Å². The molecule has 0 aliphatic heterocycles. The van der Waals surface area contributed by atoms with Crippen molar-refractivity contribution in [3.63, 3.8) is 0 Å². The van der Waals surface area contributed by atoms with Gasteiger partial charge in [0.05, 0.1) is 10.6 Å². The monoisotopic (exact) mass is 350 g/mol. The van der Waals surface area contributed by atoms with Crippen LogP contribution in [0.1, 0.15) is 5.01 Å². The van der Waals surface area contributed by atoms with Crippen LogP contribution in [0.3, 0.4) is 0 Å². The van der Waals surface area contributed by atoms with Crippen LogP contribution < -0.4 is 10.9 Å². The SMILES string of the molecule is [N-]=C=C(NNc1ccccc1[N+](=O)[O-])c1nc(-c2ccccc2)cs1. The van der Waals surface area contributed by atoms with Crippen LogP contribution >= 0.6 is 11.3 Å². The average Bonchev–Trinajstić information content (AvgIpc) is 3.13. The maximum atomic E-state index is 11.0. The molecule has 0 aliphatic rings. The highest BCUT2D eigenvalue weighted by atomic mass is 32.1. The van der Waals surface area contributed by atoms with Crippen LogP contribution in [0.15, 0.2) is 60.0 Å². The highest BCUT2D eigenvalue weighted by Crippen LogP contribution is 2.25. The van der Waals surface area contributed by atoms with E-state index >= 15 is 0 Å². The summed E-state index contributed by atoms with van der Waals surface area (Å²) in [7, 11) is 0. The summed E-state index contributed by atoms with van der Waals surface area (Å²) < 4.78 is 0. The van der Waals surface area contributed by atoms with Crippen LogP contribution in [0.2, 0.25) is 0 Å². The molecule has 3 rings (SSSR count). The van der Waals surface area contributed by atoms with Crippen molar-refractivity contribution >= 4 is 34.3 Å². The van der Waals surface area contributed by atoms with Gasteiger partial charge in [0.1, 0.15) is 16.4 Å². The molecule has 0 saturated heterocycles. The molecular weight excluding hydrogens is 338 g/mol. The Kier molecular flexibility index (Phi) is 4.84. The topological polar surface area (TPSA) is 102 Å². The molecule has 2 N–H and O–H groups in total. The van der Waals surface area contributed by atoms with Gasteiger partial charge in [0.25, 0.3) is 5.69 Å². The van der Waals surface area contributed by atoms with Gasteiger partial charge in [-0.1, -0.05) is 42.5 Å². The molecule has 0 spiro atoms. The summed E-state index contributed by atoms with van der Waals surface area (Å²) in [5, 5.41) is 22.7. The van der Waals surface area contributed by atoms with Crippen molar-refractivity contribution in [2.24, 2.45) is 0 Å². The number of hydrazine groups is 1. The molecule has 0 radical (unpaired) electrons. The number of thiazole rings is 1. The van der Waals surface area contributed by atoms with Crippen LogP contribution in [0.25, 0.3) is 22.4 Å². The molecule has 0 aliphatic carbocycles. The first-order valence-corrected chi connectivity index (χ1v) is 8.11. The van der Waals surface area contributed by atoms with Gasteiger partial charge in [-0.2, -0.15) is 0 Å². The quantitative estimate of drug-likeness (QED) is 0.398. The number of anilines is 1. The number of hydrogen-bond donors (Lipinski definition) is 2. The zero-order valence-corrected chi connectivity index (χ0v) is 13.7. The second-order valence-corrected chi connectivity index (χ2v) is 5.77. The van der Waals surface area contributed by atoms with Crippen molar-refractivity contribution in [3.8, 4) is 11.3 Å². The third-order valence-corrected chi connectivity index (χ3v) is 4.18. The first-order valence-electron chi connectivity index (χ1n) is 7.23. The summed E-state index contributed by atoms with van der Waals surface area (Å²) in [5.74, 6) is 2.02. The fraction of sp³-hybridized carbons (Fsp3) is 0. The highest BCUT2D eigenvalue weighted by Gasteiger charge is 2.13. The van der Waals surface area contributed by atoms with E-state index in [1.54, 1.807) is 18.2 Å². The Bertz CT molecular complexity index is 948. The molecule has 0 saturated carbocycles. The first kappa shape index (κ1) is 16.4. The van der Waals surface area contributed by atoms with E-state index in [0.29, 0.717) is 5.01 Å². The lowest BCUT2D eigenvalue weighted by molar-refractivity contribution is -0.384. The minimum absolute atomic E-state index is 0.0867. The molecule has 0 fully saturated rings. The summed E-state index contributed by atoms with van der Waals surface area (Å²) >= 11 is 1.32. The molecule has 7 nitrogen and oxygen atoms in total. The lowest BCUT2D eigenvalue weighted by Crippen LogP contribution is -2.21. The number of nitro benzene ring substituents is 1. The van der Waals surface area contributed by atoms with Gasteiger partial charge >= 0.3 is 0 Å². The molecular formula is C17H12N5O2S-. The molecule has 0 unspecified atom stereocenters. The molecule has 1 aromatic heterocycles. The number of rotatable bonds is 6.